The average molecular weight is 428 g/mol. The molecule has 1 aliphatic carbocycles. The van der Waals surface area contributed by atoms with Gasteiger partial charge in [-0.15, -0.1) is 0 Å². The number of rotatable bonds is 4. The van der Waals surface area contributed by atoms with Crippen molar-refractivity contribution in [2.75, 3.05) is 13.7 Å². The standard InChI is InChI=1S/C27H29N3O2/c1-19-17-29(18-28-19)25-13-12-20(16-26(25)32-2)15-22-9-6-14-30(27(22)31)24-11-5-8-21-7-3-4-10-23(21)24/h3-4,7,10,12-13,15-18,24H,5-6,8-9,11,14H2,1-2H3/b22-15+/t24-/m0/s1. The topological polar surface area (TPSA) is 47.4 Å². The van der Waals surface area contributed by atoms with E-state index in [-0.39, 0.29) is 11.9 Å². The number of ether oxygens (including phenoxy) is 1. The number of hydrogen-bond acceptors (Lipinski definition) is 3. The predicted molar refractivity (Wildman–Crippen MR) is 126 cm³/mol. The monoisotopic (exact) mass is 427 g/mol. The Kier molecular flexibility index (Phi) is 5.56. The van der Waals surface area contributed by atoms with Crippen LogP contribution in [-0.2, 0) is 11.2 Å². The number of nitrogens with zero attached hydrogens (tertiary/aromatic N) is 3. The first kappa shape index (κ1) is 20.6. The molecule has 2 aromatic carbocycles. The quantitative estimate of drug-likeness (QED) is 0.533. The minimum atomic E-state index is 0.172. The number of aromatic nitrogens is 2. The van der Waals surface area contributed by atoms with Gasteiger partial charge in [-0.25, -0.2) is 4.98 Å². The predicted octanol–water partition coefficient (Wildman–Crippen LogP) is 5.27. The molecule has 1 saturated heterocycles. The SMILES string of the molecule is COc1cc(/C=C2\CCCN([C@H]3CCCc4ccccc43)C2=O)ccc1-n1cnc(C)c1. The molecule has 0 unspecified atom stereocenters. The van der Waals surface area contributed by atoms with Crippen LogP contribution in [0.25, 0.3) is 11.8 Å². The molecule has 5 rings (SSSR count). The largest absolute Gasteiger partial charge is 0.495 e. The van der Waals surface area contributed by atoms with E-state index in [9.17, 15) is 4.79 Å². The van der Waals surface area contributed by atoms with Crippen LogP contribution in [0.4, 0.5) is 0 Å². The van der Waals surface area contributed by atoms with Crippen molar-refractivity contribution in [1.82, 2.24) is 14.5 Å². The van der Waals surface area contributed by atoms with E-state index in [0.717, 1.165) is 66.9 Å². The van der Waals surface area contributed by atoms with Crippen molar-refractivity contribution >= 4 is 12.0 Å². The van der Waals surface area contributed by atoms with Gasteiger partial charge in [-0.2, -0.15) is 0 Å². The minimum Gasteiger partial charge on any atom is -0.495 e. The molecular weight excluding hydrogens is 398 g/mol. The number of carbonyl (C=O) groups is 1. The van der Waals surface area contributed by atoms with Crippen LogP contribution in [0.1, 0.15) is 54.1 Å². The van der Waals surface area contributed by atoms with Gasteiger partial charge in [0.1, 0.15) is 5.75 Å². The molecule has 3 aromatic rings. The Hall–Kier alpha value is -3.34. The fraction of sp³-hybridized carbons (Fsp3) is 0.333. The van der Waals surface area contributed by atoms with E-state index in [1.54, 1.807) is 13.4 Å². The molecule has 0 N–H and O–H groups in total. The summed E-state index contributed by atoms with van der Waals surface area (Å²) in [5.41, 5.74) is 6.48. The van der Waals surface area contributed by atoms with Gasteiger partial charge in [0.05, 0.1) is 30.9 Å². The number of hydrogen-bond donors (Lipinski definition) is 0. The number of piperidine rings is 1. The van der Waals surface area contributed by atoms with Crippen molar-refractivity contribution in [2.24, 2.45) is 0 Å². The maximum Gasteiger partial charge on any atom is 0.250 e. The molecule has 1 amide bonds. The van der Waals surface area contributed by atoms with Gasteiger partial charge in [0.15, 0.2) is 0 Å². The van der Waals surface area contributed by atoms with Crippen molar-refractivity contribution in [3.63, 3.8) is 0 Å². The summed E-state index contributed by atoms with van der Waals surface area (Å²) in [6.07, 6.45) is 10.9. The lowest BCUT2D eigenvalue weighted by Gasteiger charge is -2.39. The van der Waals surface area contributed by atoms with Crippen LogP contribution in [0.2, 0.25) is 0 Å². The molecule has 32 heavy (non-hydrogen) atoms. The second-order valence-electron chi connectivity index (χ2n) is 8.73. The van der Waals surface area contributed by atoms with Gasteiger partial charge in [-0.3, -0.25) is 4.79 Å². The molecule has 2 aliphatic rings. The van der Waals surface area contributed by atoms with Crippen LogP contribution in [-0.4, -0.2) is 34.0 Å². The summed E-state index contributed by atoms with van der Waals surface area (Å²) in [4.78, 5) is 19.9. The zero-order chi connectivity index (χ0) is 22.1. The van der Waals surface area contributed by atoms with Crippen LogP contribution >= 0.6 is 0 Å². The highest BCUT2D eigenvalue weighted by atomic mass is 16.5. The highest BCUT2D eigenvalue weighted by Crippen LogP contribution is 2.37. The first-order valence-electron chi connectivity index (χ1n) is 11.4. The normalized spacial score (nSPS) is 19.8. The van der Waals surface area contributed by atoms with Gasteiger partial charge in [-0.05, 0) is 73.9 Å². The number of methoxy groups -OCH3 is 1. The van der Waals surface area contributed by atoms with Crippen LogP contribution in [0.3, 0.4) is 0 Å². The number of amides is 1. The molecule has 2 heterocycles. The van der Waals surface area contributed by atoms with Gasteiger partial charge in [0.2, 0.25) is 5.91 Å². The Morgan fingerprint density at radius 1 is 1.12 bits per heavy atom. The van der Waals surface area contributed by atoms with E-state index in [0.29, 0.717) is 0 Å². The molecule has 164 valence electrons. The molecule has 1 fully saturated rings. The summed E-state index contributed by atoms with van der Waals surface area (Å²) in [6.45, 7) is 2.80. The van der Waals surface area contributed by atoms with Gasteiger partial charge in [-0.1, -0.05) is 30.3 Å². The third kappa shape index (κ3) is 3.83. The summed E-state index contributed by atoms with van der Waals surface area (Å²) in [5, 5.41) is 0. The lowest BCUT2D eigenvalue weighted by atomic mass is 9.85. The van der Waals surface area contributed by atoms with Gasteiger partial charge in [0.25, 0.3) is 0 Å². The lowest BCUT2D eigenvalue weighted by Crippen LogP contribution is -2.41. The minimum absolute atomic E-state index is 0.172. The van der Waals surface area contributed by atoms with Gasteiger partial charge >= 0.3 is 0 Å². The van der Waals surface area contributed by atoms with Crippen LogP contribution in [0, 0.1) is 6.92 Å². The Balaban J connectivity index is 1.43. The van der Waals surface area contributed by atoms with Crippen molar-refractivity contribution in [1.29, 1.82) is 0 Å². The van der Waals surface area contributed by atoms with Crippen molar-refractivity contribution in [3.05, 3.63) is 82.9 Å². The molecule has 5 heteroatoms. The number of likely N-dealkylation sites (tertiary alicyclic amines) is 1. The average Bonchev–Trinajstić information content (AvgIpc) is 3.26. The Bertz CT molecular complexity index is 1180. The van der Waals surface area contributed by atoms with E-state index < -0.39 is 0 Å². The second kappa shape index (κ2) is 8.65. The molecule has 0 saturated carbocycles. The van der Waals surface area contributed by atoms with Gasteiger partial charge < -0.3 is 14.2 Å². The van der Waals surface area contributed by atoms with E-state index in [2.05, 4.69) is 34.1 Å². The highest BCUT2D eigenvalue weighted by molar-refractivity contribution is 5.99. The third-order valence-electron chi connectivity index (χ3n) is 6.63. The molecule has 1 aliphatic heterocycles. The number of imidazole rings is 1. The number of aryl methyl sites for hydroxylation is 2. The first-order chi connectivity index (χ1) is 15.6. The van der Waals surface area contributed by atoms with Crippen molar-refractivity contribution < 1.29 is 9.53 Å². The molecule has 1 atom stereocenters. The van der Waals surface area contributed by atoms with E-state index in [4.69, 9.17) is 4.74 Å². The molecular formula is C27H29N3O2. The van der Waals surface area contributed by atoms with Crippen molar-refractivity contribution in [2.45, 2.75) is 45.1 Å². The summed E-state index contributed by atoms with van der Waals surface area (Å²) in [6, 6.07) is 14.9. The third-order valence-corrected chi connectivity index (χ3v) is 6.63. The summed E-state index contributed by atoms with van der Waals surface area (Å²) in [7, 11) is 1.67. The van der Waals surface area contributed by atoms with E-state index in [1.165, 1.54) is 11.1 Å². The van der Waals surface area contributed by atoms with Crippen LogP contribution in [0.15, 0.2) is 60.6 Å². The zero-order valence-electron chi connectivity index (χ0n) is 18.8. The van der Waals surface area contributed by atoms with Crippen LogP contribution in [0.5, 0.6) is 5.75 Å². The Morgan fingerprint density at radius 2 is 2.00 bits per heavy atom. The maximum atomic E-state index is 13.5. The number of fused-ring (bicyclic) bond motifs is 1. The fourth-order valence-electron chi connectivity index (χ4n) is 5.07. The summed E-state index contributed by atoms with van der Waals surface area (Å²) < 4.78 is 7.61. The smallest absolute Gasteiger partial charge is 0.250 e. The molecule has 0 radical (unpaired) electrons. The Morgan fingerprint density at radius 3 is 2.81 bits per heavy atom. The van der Waals surface area contributed by atoms with Crippen LogP contribution < -0.4 is 4.74 Å². The van der Waals surface area contributed by atoms with Gasteiger partial charge in [0, 0.05) is 18.3 Å². The summed E-state index contributed by atoms with van der Waals surface area (Å²) >= 11 is 0. The number of benzene rings is 2. The molecule has 0 bridgehead atoms. The van der Waals surface area contributed by atoms with E-state index in [1.807, 2.05) is 42.0 Å². The second-order valence-corrected chi connectivity index (χ2v) is 8.73. The first-order valence-corrected chi connectivity index (χ1v) is 11.4. The lowest BCUT2D eigenvalue weighted by molar-refractivity contribution is -0.131. The maximum absolute atomic E-state index is 13.5. The van der Waals surface area contributed by atoms with E-state index >= 15 is 0 Å². The fourth-order valence-corrected chi connectivity index (χ4v) is 5.07. The van der Waals surface area contributed by atoms with Crippen molar-refractivity contribution in [3.8, 4) is 11.4 Å². The molecule has 0 spiro atoms. The number of carbonyl (C=O) groups excluding carboxylic acids is 1. The Labute approximate surface area is 189 Å². The molecule has 5 nitrogen and oxygen atoms in total. The zero-order valence-corrected chi connectivity index (χ0v) is 18.8. The highest BCUT2D eigenvalue weighted by Gasteiger charge is 2.32. The molecule has 1 aromatic heterocycles. The summed E-state index contributed by atoms with van der Waals surface area (Å²) in [5.74, 6) is 0.935.